The van der Waals surface area contributed by atoms with Crippen molar-refractivity contribution in [1.29, 1.82) is 0 Å². The Balaban J connectivity index is 2.67. The molecular weight excluding hydrogens is 261 g/mol. The maximum Gasteiger partial charge on any atom is 0.304 e. The smallest absolute Gasteiger partial charge is 0.304 e. The lowest BCUT2D eigenvalue weighted by Crippen LogP contribution is -2.34. The summed E-state index contributed by atoms with van der Waals surface area (Å²) in [6.45, 7) is 2.85. The van der Waals surface area contributed by atoms with Gasteiger partial charge in [0.15, 0.2) is 11.6 Å². The number of hydrogen-bond donors (Lipinski definition) is 2. The highest BCUT2D eigenvalue weighted by Crippen LogP contribution is 2.19. The van der Waals surface area contributed by atoms with Crippen molar-refractivity contribution >= 4 is 5.97 Å². The van der Waals surface area contributed by atoms with E-state index in [1.165, 1.54) is 13.2 Å². The molecule has 2 N–H and O–H groups in total. The molecule has 0 heterocycles. The quantitative estimate of drug-likeness (QED) is 0.684. The second-order valence-corrected chi connectivity index (χ2v) is 4.78. The molecule has 0 amide bonds. The predicted molar refractivity (Wildman–Crippen MR) is 75.6 cm³/mol. The summed E-state index contributed by atoms with van der Waals surface area (Å²) in [4.78, 5) is 10.9. The first kappa shape index (κ1) is 16.4. The van der Waals surface area contributed by atoms with Gasteiger partial charge < -0.3 is 15.2 Å². The van der Waals surface area contributed by atoms with Crippen molar-refractivity contribution in [2.45, 2.75) is 38.6 Å². The first-order valence-electron chi connectivity index (χ1n) is 6.84. The number of nitrogens with one attached hydrogen (secondary N) is 1. The number of rotatable bonds is 9. The van der Waals surface area contributed by atoms with Crippen LogP contribution in [0.4, 0.5) is 4.39 Å². The lowest BCUT2D eigenvalue weighted by atomic mass is 10.0. The van der Waals surface area contributed by atoms with Crippen LogP contribution in [0.15, 0.2) is 18.2 Å². The number of halogens is 1. The normalized spacial score (nSPS) is 12.2. The van der Waals surface area contributed by atoms with Gasteiger partial charge in [-0.15, -0.1) is 0 Å². The van der Waals surface area contributed by atoms with Gasteiger partial charge in [-0.2, -0.15) is 0 Å². The Labute approximate surface area is 119 Å². The highest BCUT2D eigenvalue weighted by atomic mass is 19.1. The van der Waals surface area contributed by atoms with Gasteiger partial charge in [-0.25, -0.2) is 4.39 Å². The molecular formula is C15H22FNO3. The molecule has 5 heteroatoms. The molecule has 0 aliphatic rings. The SMILES string of the molecule is CCCCNC(CC(=O)O)Cc1ccc(OC)c(F)c1. The van der Waals surface area contributed by atoms with Crippen molar-refractivity contribution in [3.8, 4) is 5.75 Å². The molecule has 1 aromatic carbocycles. The van der Waals surface area contributed by atoms with Crippen LogP contribution in [0.1, 0.15) is 31.7 Å². The number of carbonyl (C=O) groups is 1. The molecule has 0 radical (unpaired) electrons. The lowest BCUT2D eigenvalue weighted by Gasteiger charge is -2.17. The van der Waals surface area contributed by atoms with Crippen LogP contribution < -0.4 is 10.1 Å². The summed E-state index contributed by atoms with van der Waals surface area (Å²) >= 11 is 0. The summed E-state index contributed by atoms with van der Waals surface area (Å²) in [5, 5.41) is 12.1. The highest BCUT2D eigenvalue weighted by Gasteiger charge is 2.14. The van der Waals surface area contributed by atoms with Crippen LogP contribution in [0.5, 0.6) is 5.75 Å². The van der Waals surface area contributed by atoms with Crippen molar-refractivity contribution in [2.24, 2.45) is 0 Å². The van der Waals surface area contributed by atoms with Crippen LogP contribution in [-0.4, -0.2) is 30.8 Å². The number of unbranched alkanes of at least 4 members (excludes halogenated alkanes) is 1. The number of ether oxygens (including phenoxy) is 1. The van der Waals surface area contributed by atoms with E-state index in [4.69, 9.17) is 9.84 Å². The van der Waals surface area contributed by atoms with Crippen molar-refractivity contribution in [3.05, 3.63) is 29.6 Å². The molecule has 1 rings (SSSR count). The van der Waals surface area contributed by atoms with Crippen LogP contribution in [0.3, 0.4) is 0 Å². The van der Waals surface area contributed by atoms with Crippen molar-refractivity contribution < 1.29 is 19.0 Å². The Bertz CT molecular complexity index is 437. The van der Waals surface area contributed by atoms with E-state index in [1.807, 2.05) is 0 Å². The summed E-state index contributed by atoms with van der Waals surface area (Å²) in [6.07, 6.45) is 2.55. The van der Waals surface area contributed by atoms with Crippen LogP contribution in [0.2, 0.25) is 0 Å². The largest absolute Gasteiger partial charge is 0.494 e. The molecule has 0 aliphatic carbocycles. The fourth-order valence-corrected chi connectivity index (χ4v) is 2.03. The third-order valence-electron chi connectivity index (χ3n) is 3.08. The van der Waals surface area contributed by atoms with Crippen LogP contribution in [0.25, 0.3) is 0 Å². The molecule has 0 fully saturated rings. The zero-order chi connectivity index (χ0) is 15.0. The second kappa shape index (κ2) is 8.53. The summed E-state index contributed by atoms with van der Waals surface area (Å²) in [5.41, 5.74) is 0.763. The van der Waals surface area contributed by atoms with E-state index in [2.05, 4.69) is 12.2 Å². The van der Waals surface area contributed by atoms with E-state index >= 15 is 0 Å². The molecule has 4 nitrogen and oxygen atoms in total. The molecule has 20 heavy (non-hydrogen) atoms. The lowest BCUT2D eigenvalue weighted by molar-refractivity contribution is -0.137. The minimum atomic E-state index is -0.854. The summed E-state index contributed by atoms with van der Waals surface area (Å²) in [7, 11) is 1.41. The Morgan fingerprint density at radius 2 is 2.25 bits per heavy atom. The first-order chi connectivity index (χ1) is 9.56. The molecule has 0 bridgehead atoms. The average Bonchev–Trinajstić information content (AvgIpc) is 2.38. The monoisotopic (exact) mass is 283 g/mol. The van der Waals surface area contributed by atoms with Gasteiger partial charge in [0.05, 0.1) is 13.5 Å². The predicted octanol–water partition coefficient (Wildman–Crippen LogP) is 2.61. The first-order valence-corrected chi connectivity index (χ1v) is 6.84. The van der Waals surface area contributed by atoms with Gasteiger partial charge in [0.25, 0.3) is 0 Å². The van der Waals surface area contributed by atoms with E-state index in [0.717, 1.165) is 24.9 Å². The Hall–Kier alpha value is -1.62. The minimum absolute atomic E-state index is 0.0252. The van der Waals surface area contributed by atoms with Gasteiger partial charge in [-0.1, -0.05) is 19.4 Å². The molecule has 1 atom stereocenters. The van der Waals surface area contributed by atoms with Crippen LogP contribution in [0, 0.1) is 5.82 Å². The maximum atomic E-state index is 13.6. The summed E-state index contributed by atoms with van der Waals surface area (Å²) in [5.74, 6) is -1.08. The van der Waals surface area contributed by atoms with Crippen LogP contribution >= 0.6 is 0 Å². The zero-order valence-corrected chi connectivity index (χ0v) is 12.0. The van der Waals surface area contributed by atoms with E-state index in [-0.39, 0.29) is 18.2 Å². The molecule has 1 unspecified atom stereocenters. The van der Waals surface area contributed by atoms with Gasteiger partial charge >= 0.3 is 5.97 Å². The number of hydrogen-bond acceptors (Lipinski definition) is 3. The maximum absolute atomic E-state index is 13.6. The molecule has 0 saturated carbocycles. The van der Waals surface area contributed by atoms with Gasteiger partial charge in [-0.05, 0) is 37.1 Å². The van der Waals surface area contributed by atoms with Crippen LogP contribution in [-0.2, 0) is 11.2 Å². The number of carboxylic acids is 1. The third-order valence-corrected chi connectivity index (χ3v) is 3.08. The van der Waals surface area contributed by atoms with Crippen molar-refractivity contribution in [1.82, 2.24) is 5.32 Å². The van der Waals surface area contributed by atoms with E-state index in [0.29, 0.717) is 6.42 Å². The Morgan fingerprint density at radius 3 is 2.80 bits per heavy atom. The minimum Gasteiger partial charge on any atom is -0.494 e. The number of carboxylic acid groups (broad SMARTS) is 1. The van der Waals surface area contributed by atoms with Gasteiger partial charge in [0, 0.05) is 6.04 Å². The highest BCUT2D eigenvalue weighted by molar-refractivity contribution is 5.67. The van der Waals surface area contributed by atoms with E-state index < -0.39 is 11.8 Å². The molecule has 0 saturated heterocycles. The molecule has 112 valence electrons. The van der Waals surface area contributed by atoms with Crippen molar-refractivity contribution in [2.75, 3.05) is 13.7 Å². The molecule has 0 spiro atoms. The molecule has 1 aromatic rings. The third kappa shape index (κ3) is 5.57. The molecule has 0 aromatic heterocycles. The van der Waals surface area contributed by atoms with Gasteiger partial charge in [0.1, 0.15) is 0 Å². The zero-order valence-electron chi connectivity index (χ0n) is 12.0. The molecule has 0 aliphatic heterocycles. The number of methoxy groups -OCH3 is 1. The van der Waals surface area contributed by atoms with E-state index in [9.17, 15) is 9.18 Å². The summed E-state index contributed by atoms with van der Waals surface area (Å²) in [6, 6.07) is 4.54. The fourth-order valence-electron chi connectivity index (χ4n) is 2.03. The van der Waals surface area contributed by atoms with Crippen molar-refractivity contribution in [3.63, 3.8) is 0 Å². The van der Waals surface area contributed by atoms with E-state index in [1.54, 1.807) is 12.1 Å². The standard InChI is InChI=1S/C15H22FNO3/c1-3-4-7-17-12(10-15(18)19)8-11-5-6-14(20-2)13(16)9-11/h5-6,9,12,17H,3-4,7-8,10H2,1-2H3,(H,18,19). The Kier molecular flexibility index (Phi) is 7.01. The number of benzene rings is 1. The second-order valence-electron chi connectivity index (χ2n) is 4.78. The topological polar surface area (TPSA) is 58.6 Å². The fraction of sp³-hybridized carbons (Fsp3) is 0.533. The number of aliphatic carboxylic acids is 1. The average molecular weight is 283 g/mol. The van der Waals surface area contributed by atoms with Gasteiger partial charge in [0.2, 0.25) is 0 Å². The Morgan fingerprint density at radius 1 is 1.50 bits per heavy atom. The summed E-state index contributed by atoms with van der Waals surface area (Å²) < 4.78 is 18.5. The van der Waals surface area contributed by atoms with Gasteiger partial charge in [-0.3, -0.25) is 4.79 Å².